The van der Waals surface area contributed by atoms with E-state index in [2.05, 4.69) is 27.7 Å². The van der Waals surface area contributed by atoms with Crippen molar-refractivity contribution in [2.75, 3.05) is 0 Å². The molecule has 1 aliphatic carbocycles. The van der Waals surface area contributed by atoms with Gasteiger partial charge in [-0.15, -0.1) is 0 Å². The van der Waals surface area contributed by atoms with Gasteiger partial charge in [0.1, 0.15) is 0 Å². The van der Waals surface area contributed by atoms with Crippen LogP contribution in [0.4, 0.5) is 0 Å². The van der Waals surface area contributed by atoms with Crippen molar-refractivity contribution < 1.29 is 0 Å². The molecule has 0 N–H and O–H groups in total. The van der Waals surface area contributed by atoms with Gasteiger partial charge in [-0.05, 0) is 36.5 Å². The van der Waals surface area contributed by atoms with Gasteiger partial charge in [0, 0.05) is 0 Å². The minimum Gasteiger partial charge on any atom is -0.0622 e. The van der Waals surface area contributed by atoms with Gasteiger partial charge in [0.25, 0.3) is 0 Å². The summed E-state index contributed by atoms with van der Waals surface area (Å²) in [6.45, 7) is 9.45. The van der Waals surface area contributed by atoms with Crippen LogP contribution in [-0.4, -0.2) is 0 Å². The third-order valence-corrected chi connectivity index (χ3v) is 3.46. The lowest BCUT2D eigenvalue weighted by Gasteiger charge is -2.36. The van der Waals surface area contributed by atoms with Gasteiger partial charge in [0.2, 0.25) is 0 Å². The van der Waals surface area contributed by atoms with E-state index in [1.165, 1.54) is 12.8 Å². The zero-order chi connectivity index (χ0) is 7.72. The van der Waals surface area contributed by atoms with Gasteiger partial charge in [-0.1, -0.05) is 27.7 Å². The minimum atomic E-state index is 0.865. The maximum Gasteiger partial charge on any atom is -0.0241 e. The molecule has 0 aromatic rings. The Kier molecular flexibility index (Phi) is 2.38. The second kappa shape index (κ2) is 2.94. The summed E-state index contributed by atoms with van der Waals surface area (Å²) in [4.78, 5) is 0. The molecule has 0 aromatic heterocycles. The monoisotopic (exact) mass is 139 g/mol. The van der Waals surface area contributed by atoms with Crippen LogP contribution < -0.4 is 0 Å². The van der Waals surface area contributed by atoms with Gasteiger partial charge >= 0.3 is 0 Å². The Labute approximate surface area is 65.0 Å². The van der Waals surface area contributed by atoms with Crippen LogP contribution in [-0.2, 0) is 0 Å². The molecule has 0 heterocycles. The van der Waals surface area contributed by atoms with Gasteiger partial charge in [0.05, 0.1) is 0 Å². The van der Waals surface area contributed by atoms with E-state index in [4.69, 9.17) is 0 Å². The molecule has 1 aliphatic rings. The van der Waals surface area contributed by atoms with Crippen molar-refractivity contribution in [1.29, 1.82) is 0 Å². The number of hydrogen-bond donors (Lipinski definition) is 0. The predicted octanol–water partition coefficient (Wildman–Crippen LogP) is 3.28. The second-order valence-electron chi connectivity index (χ2n) is 4.01. The standard InChI is InChI=1S/C10H19/c1-7-5-6-8(2)10(4)9(7)3/h7,9-10H,5-6H2,1-4H3. The van der Waals surface area contributed by atoms with E-state index < -0.39 is 0 Å². The lowest BCUT2D eigenvalue weighted by Crippen LogP contribution is -2.26. The summed E-state index contributed by atoms with van der Waals surface area (Å²) in [5, 5.41) is 0. The molecule has 0 heteroatoms. The predicted molar refractivity (Wildman–Crippen MR) is 45.6 cm³/mol. The Hall–Kier alpha value is 0. The van der Waals surface area contributed by atoms with E-state index in [1.54, 1.807) is 5.92 Å². The number of hydrogen-bond acceptors (Lipinski definition) is 0. The molecule has 0 aromatic carbocycles. The summed E-state index contributed by atoms with van der Waals surface area (Å²) < 4.78 is 0. The molecule has 1 fully saturated rings. The van der Waals surface area contributed by atoms with Crippen molar-refractivity contribution in [3.63, 3.8) is 0 Å². The van der Waals surface area contributed by atoms with E-state index in [9.17, 15) is 0 Å². The van der Waals surface area contributed by atoms with Crippen LogP contribution in [0.15, 0.2) is 0 Å². The molecule has 10 heavy (non-hydrogen) atoms. The summed E-state index contributed by atoms with van der Waals surface area (Å²) >= 11 is 0. The molecule has 0 bridgehead atoms. The molecule has 0 nitrogen and oxygen atoms in total. The molecule has 3 atom stereocenters. The third-order valence-electron chi connectivity index (χ3n) is 3.46. The largest absolute Gasteiger partial charge is 0.0622 e. The Morgan fingerprint density at radius 1 is 1.20 bits per heavy atom. The van der Waals surface area contributed by atoms with E-state index in [0.29, 0.717) is 0 Å². The Morgan fingerprint density at radius 3 is 2.30 bits per heavy atom. The first-order valence-corrected chi connectivity index (χ1v) is 4.45. The van der Waals surface area contributed by atoms with Crippen molar-refractivity contribution in [2.45, 2.75) is 40.5 Å². The highest BCUT2D eigenvalue weighted by molar-refractivity contribution is 4.97. The molecule has 1 radical (unpaired) electrons. The van der Waals surface area contributed by atoms with Gasteiger partial charge in [-0.25, -0.2) is 0 Å². The van der Waals surface area contributed by atoms with Crippen molar-refractivity contribution in [1.82, 2.24) is 0 Å². The smallest absolute Gasteiger partial charge is 0.0241 e. The molecular formula is C10H19. The van der Waals surface area contributed by atoms with Gasteiger partial charge in [0.15, 0.2) is 0 Å². The zero-order valence-electron chi connectivity index (χ0n) is 7.65. The minimum absolute atomic E-state index is 0.865. The van der Waals surface area contributed by atoms with Crippen LogP contribution in [0.25, 0.3) is 0 Å². The first-order chi connectivity index (χ1) is 4.63. The van der Waals surface area contributed by atoms with Crippen molar-refractivity contribution in [3.05, 3.63) is 5.92 Å². The lowest BCUT2D eigenvalue weighted by atomic mass is 9.69. The van der Waals surface area contributed by atoms with Crippen molar-refractivity contribution in [2.24, 2.45) is 17.8 Å². The van der Waals surface area contributed by atoms with E-state index >= 15 is 0 Å². The summed E-state index contributed by atoms with van der Waals surface area (Å²) in [6.07, 6.45) is 2.78. The third kappa shape index (κ3) is 1.36. The van der Waals surface area contributed by atoms with Crippen molar-refractivity contribution >= 4 is 0 Å². The van der Waals surface area contributed by atoms with Crippen LogP contribution in [0.1, 0.15) is 40.5 Å². The van der Waals surface area contributed by atoms with Crippen LogP contribution >= 0.6 is 0 Å². The Bertz CT molecular complexity index is 92.6. The lowest BCUT2D eigenvalue weighted by molar-refractivity contribution is 0.222. The van der Waals surface area contributed by atoms with Crippen molar-refractivity contribution in [3.8, 4) is 0 Å². The quantitative estimate of drug-likeness (QED) is 0.483. The highest BCUT2D eigenvalue weighted by atomic mass is 14.3. The highest BCUT2D eigenvalue weighted by Crippen LogP contribution is 2.38. The van der Waals surface area contributed by atoms with E-state index in [1.807, 2.05) is 0 Å². The molecular weight excluding hydrogens is 120 g/mol. The van der Waals surface area contributed by atoms with E-state index in [0.717, 1.165) is 17.8 Å². The topological polar surface area (TPSA) is 0 Å². The van der Waals surface area contributed by atoms with E-state index in [-0.39, 0.29) is 0 Å². The molecule has 0 aliphatic heterocycles. The normalized spacial score (nSPS) is 43.8. The van der Waals surface area contributed by atoms with Gasteiger partial charge in [-0.2, -0.15) is 0 Å². The molecule has 3 unspecified atom stereocenters. The molecule has 1 saturated carbocycles. The summed E-state index contributed by atoms with van der Waals surface area (Å²) in [5.41, 5.74) is 0. The summed E-state index contributed by atoms with van der Waals surface area (Å²) in [7, 11) is 0. The fourth-order valence-corrected chi connectivity index (χ4v) is 1.89. The first-order valence-electron chi connectivity index (χ1n) is 4.45. The Balaban J connectivity index is 2.52. The van der Waals surface area contributed by atoms with Gasteiger partial charge in [-0.3, -0.25) is 0 Å². The van der Waals surface area contributed by atoms with Crippen LogP contribution in [0, 0.1) is 23.7 Å². The average molecular weight is 139 g/mol. The fourth-order valence-electron chi connectivity index (χ4n) is 1.89. The van der Waals surface area contributed by atoms with Crippen LogP contribution in [0.5, 0.6) is 0 Å². The van der Waals surface area contributed by atoms with Crippen LogP contribution in [0.2, 0.25) is 0 Å². The number of rotatable bonds is 0. The average Bonchev–Trinajstić information content (AvgIpc) is 1.93. The summed E-state index contributed by atoms with van der Waals surface area (Å²) in [6, 6.07) is 0. The zero-order valence-corrected chi connectivity index (χ0v) is 7.65. The summed E-state index contributed by atoms with van der Waals surface area (Å²) in [5.74, 6) is 4.43. The molecule has 0 saturated heterocycles. The second-order valence-corrected chi connectivity index (χ2v) is 4.01. The SMILES string of the molecule is C[C]1CCC(C)C(C)C1C. The molecule has 0 spiro atoms. The molecule has 0 amide bonds. The highest BCUT2D eigenvalue weighted by Gasteiger charge is 2.28. The van der Waals surface area contributed by atoms with Crippen LogP contribution in [0.3, 0.4) is 0 Å². The maximum absolute atomic E-state index is 2.39. The fraction of sp³-hybridized carbons (Fsp3) is 0.900. The maximum atomic E-state index is 2.39. The Morgan fingerprint density at radius 2 is 1.80 bits per heavy atom. The first kappa shape index (κ1) is 8.10. The molecule has 1 rings (SSSR count). The van der Waals surface area contributed by atoms with Gasteiger partial charge < -0.3 is 0 Å². The molecule has 59 valence electrons.